The smallest absolute Gasteiger partial charge is 0.491 e. The van der Waals surface area contributed by atoms with E-state index in [0.717, 1.165) is 122 Å². The third-order valence-corrected chi connectivity index (χ3v) is 13.7. The summed E-state index contributed by atoms with van der Waals surface area (Å²) >= 11 is 0. The second-order valence-corrected chi connectivity index (χ2v) is 20.7. The number of ether oxygens (including phenoxy) is 4. The molecule has 0 amide bonds. The summed E-state index contributed by atoms with van der Waals surface area (Å²) in [4.78, 5) is 39.5. The van der Waals surface area contributed by atoms with Crippen molar-refractivity contribution in [2.24, 2.45) is 0 Å². The minimum Gasteiger partial charge on any atom is -0.491 e. The molecule has 0 aliphatic rings. The molecule has 0 N–H and O–H groups in total. The van der Waals surface area contributed by atoms with E-state index in [-0.39, 0.29) is 38.1 Å². The van der Waals surface area contributed by atoms with Gasteiger partial charge < -0.3 is 28.9 Å². The number of carbonyl (C=O) groups excluding carboxylic acids is 2. The van der Waals surface area contributed by atoms with E-state index in [2.05, 4.69) is 149 Å². The normalized spacial score (nSPS) is 10.9. The summed E-state index contributed by atoms with van der Waals surface area (Å²) in [5.41, 5.74) is 14.2. The van der Waals surface area contributed by atoms with Gasteiger partial charge in [0.15, 0.2) is 0 Å². The number of nitrogens with zero attached hydrogens (tertiary/aromatic N) is 4. The Morgan fingerprint density at radius 2 is 0.695 bits per heavy atom. The minimum absolute atomic E-state index is 0. The molecule has 0 saturated carbocycles. The van der Waals surface area contributed by atoms with Crippen LogP contribution in [0.2, 0.25) is 0 Å². The molecule has 0 atom stereocenters. The number of hydrogen-bond acceptors (Lipinski definition) is 10. The third kappa shape index (κ3) is 14.2. The van der Waals surface area contributed by atoms with Crippen LogP contribution >= 0.6 is 0 Å². The summed E-state index contributed by atoms with van der Waals surface area (Å²) in [5, 5.41) is 8.53. The van der Waals surface area contributed by atoms with Gasteiger partial charge in [-0.15, -0.1) is 47.2 Å². The summed E-state index contributed by atoms with van der Waals surface area (Å²) in [5.74, 6) is 3.29. The van der Waals surface area contributed by atoms with Crippen molar-refractivity contribution in [3.8, 4) is 23.0 Å². The van der Waals surface area contributed by atoms with Crippen LogP contribution in [0.3, 0.4) is 0 Å². The maximum atomic E-state index is 10.0. The van der Waals surface area contributed by atoms with E-state index in [9.17, 15) is 9.59 Å². The van der Waals surface area contributed by atoms with Gasteiger partial charge in [0.25, 0.3) is 0 Å². The fourth-order valence-corrected chi connectivity index (χ4v) is 9.53. The average Bonchev–Trinajstić information content (AvgIpc) is 1.82. The number of aryl methyl sites for hydroxylation is 6. The predicted molar refractivity (Wildman–Crippen MR) is 324 cm³/mol. The molecule has 0 saturated heterocycles. The van der Waals surface area contributed by atoms with Crippen LogP contribution in [0.1, 0.15) is 76.2 Å². The van der Waals surface area contributed by atoms with Crippen LogP contribution in [0.4, 0.5) is 0 Å². The quantitative estimate of drug-likeness (QED) is 0.0591. The van der Waals surface area contributed by atoms with Crippen molar-refractivity contribution in [2.75, 3.05) is 0 Å². The molecule has 11 heteroatoms. The number of Topliss-reactive ketones (excluding diaryl/α,β-unsaturated/α-hetero) is 2. The fourth-order valence-electron chi connectivity index (χ4n) is 9.53. The second kappa shape index (κ2) is 26.1. The van der Waals surface area contributed by atoms with Crippen LogP contribution in [-0.2, 0) is 56.1 Å². The van der Waals surface area contributed by atoms with Crippen molar-refractivity contribution >= 4 is 76.7 Å². The zero-order valence-corrected chi connectivity index (χ0v) is 49.7. The number of ketones is 2. The zero-order chi connectivity index (χ0) is 56.6. The Bertz CT molecular complexity index is 3990. The fraction of sp³-hybridized carbons (Fsp3) is 0.183. The Morgan fingerprint density at radius 3 is 1.01 bits per heavy atom. The molecule has 10 aromatic carbocycles. The maximum Gasteiger partial charge on any atom is 3.00 e. The summed E-state index contributed by atoms with van der Waals surface area (Å²) in [7, 11) is 0. The molecule has 410 valence electrons. The van der Waals surface area contributed by atoms with E-state index in [1.807, 2.05) is 74.8 Å². The van der Waals surface area contributed by atoms with Crippen molar-refractivity contribution in [3.63, 3.8) is 0 Å². The van der Waals surface area contributed by atoms with Crippen molar-refractivity contribution in [1.29, 1.82) is 0 Å². The Kier molecular flexibility index (Phi) is 18.4. The van der Waals surface area contributed by atoms with Crippen LogP contribution in [0.15, 0.2) is 170 Å². The maximum absolute atomic E-state index is 10.0. The van der Waals surface area contributed by atoms with Crippen LogP contribution in [-0.4, -0.2) is 31.5 Å². The molecule has 0 aliphatic heterocycles. The number of rotatable bonds is 14. The van der Waals surface area contributed by atoms with E-state index >= 15 is 0 Å². The number of fused-ring (bicyclic) bond motifs is 12. The van der Waals surface area contributed by atoms with Gasteiger partial charge in [0, 0.05) is 23.4 Å². The molecule has 82 heavy (non-hydrogen) atoms. The molecule has 10 nitrogen and oxygen atoms in total. The van der Waals surface area contributed by atoms with Gasteiger partial charge in [-0.2, -0.15) is 0 Å². The van der Waals surface area contributed by atoms with E-state index in [1.165, 1.54) is 36.1 Å². The van der Waals surface area contributed by atoms with Gasteiger partial charge in [-0.05, 0) is 138 Å². The molecule has 0 bridgehead atoms. The van der Waals surface area contributed by atoms with E-state index in [4.69, 9.17) is 38.9 Å². The molecule has 0 unspecified atom stereocenters. The number of carbonyl (C=O) groups is 2. The molecule has 2 aromatic heterocycles. The first kappa shape index (κ1) is 57.8. The Morgan fingerprint density at radius 1 is 0.378 bits per heavy atom. The summed E-state index contributed by atoms with van der Waals surface area (Å²) in [6.07, 6.45) is 3.72. The molecule has 12 aromatic rings. The molecule has 0 radical (unpaired) electrons. The van der Waals surface area contributed by atoms with Crippen molar-refractivity contribution < 1.29 is 48.6 Å². The van der Waals surface area contributed by atoms with Gasteiger partial charge in [-0.1, -0.05) is 128 Å². The molecule has 12 rings (SSSR count). The van der Waals surface area contributed by atoms with E-state index in [0.29, 0.717) is 26.4 Å². The van der Waals surface area contributed by atoms with Crippen molar-refractivity contribution in [1.82, 2.24) is 19.9 Å². The van der Waals surface area contributed by atoms with Crippen molar-refractivity contribution in [3.05, 3.63) is 238 Å². The van der Waals surface area contributed by atoms with Crippen molar-refractivity contribution in [2.45, 2.75) is 88.2 Å². The van der Waals surface area contributed by atoms with Crippen LogP contribution < -0.4 is 18.9 Å². The molecule has 0 aliphatic carbocycles. The predicted octanol–water partition coefficient (Wildman–Crippen LogP) is 16.2. The summed E-state index contributed by atoms with van der Waals surface area (Å²) < 4.78 is 24.1. The van der Waals surface area contributed by atoms with Gasteiger partial charge in [0.1, 0.15) is 47.8 Å². The van der Waals surface area contributed by atoms with Gasteiger partial charge in [-0.3, -0.25) is 19.6 Å². The second-order valence-electron chi connectivity index (χ2n) is 20.7. The van der Waals surface area contributed by atoms with Crippen LogP contribution in [0.25, 0.3) is 65.2 Å². The number of hydrogen-bond donors (Lipinski definition) is 0. The van der Waals surface area contributed by atoms with Gasteiger partial charge >= 0.3 is 20.1 Å². The van der Waals surface area contributed by atoms with Gasteiger partial charge in [-0.25, -0.2) is 0 Å². The Balaban J connectivity index is 0.000000175. The largest absolute Gasteiger partial charge is 3.00 e. The Hall–Kier alpha value is -8.89. The number of benzene rings is 10. The average molecular weight is 1260 g/mol. The first-order valence-corrected chi connectivity index (χ1v) is 27.0. The van der Waals surface area contributed by atoms with Gasteiger partial charge in [0.05, 0.1) is 42.1 Å². The summed E-state index contributed by atoms with van der Waals surface area (Å²) in [6, 6.07) is 61.0. The topological polar surface area (TPSA) is 123 Å². The molecular formula is C71H62IrN4O6+. The van der Waals surface area contributed by atoms with Crippen LogP contribution in [0.5, 0.6) is 23.0 Å². The molecule has 0 spiro atoms. The van der Waals surface area contributed by atoms with E-state index < -0.39 is 0 Å². The monoisotopic (exact) mass is 1260 g/mol. The zero-order valence-electron chi connectivity index (χ0n) is 47.3. The summed E-state index contributed by atoms with van der Waals surface area (Å²) in [6.45, 7) is 16.9. The molecular weight excluding hydrogens is 1200 g/mol. The van der Waals surface area contributed by atoms with E-state index in [1.54, 1.807) is 0 Å². The van der Waals surface area contributed by atoms with Crippen LogP contribution in [0, 0.1) is 53.7 Å². The third-order valence-electron chi connectivity index (χ3n) is 13.7. The SMILES string of the molecule is CC(=O)CC(C)=O.Cc1ccc(OCc2[c-]c3c(cc2)c2ccc(COc4ccc(C)cc4)cc2c2nc(C)cnc32)cc1.Cc1ccc(OCc2[c-]c3c(cc2)c2ccc(COc4ccc(C)cc4)cc2c2nc(C)cnc32)cc1.[Ir+3]. The number of aromatic nitrogens is 4. The van der Waals surface area contributed by atoms with Gasteiger partial charge in [0.2, 0.25) is 0 Å². The minimum atomic E-state index is -0.0625. The first-order chi connectivity index (χ1) is 39.2. The molecule has 2 heterocycles. The first-order valence-electron chi connectivity index (χ1n) is 27.0. The standard InChI is InChI=1S/2C33H27N2O2.C5H8O2.Ir/c2*1-21-4-10-26(11-5-21)36-19-24-8-14-28-29-15-9-25(20-37-27-12-6-22(2)7-13-27)17-31(29)33-32(30(28)16-24)34-18-23(3)35-33;1-4(6)3-5(2)7;/h2*4-15,17-18H,19-20H2,1-3H3;3H2,1-2H3;/q2*-1;;+3. The molecule has 0 fully saturated rings. The Labute approximate surface area is 491 Å².